The molecule has 0 saturated carbocycles. The summed E-state index contributed by atoms with van der Waals surface area (Å²) in [5, 5.41) is 9.40. The monoisotopic (exact) mass is 292 g/mol. The molecule has 2 heterocycles. The van der Waals surface area contributed by atoms with Crippen molar-refractivity contribution in [2.24, 2.45) is 0 Å². The van der Waals surface area contributed by atoms with Crippen LogP contribution >= 0.6 is 0 Å². The average molecular weight is 292 g/mol. The van der Waals surface area contributed by atoms with E-state index in [-0.39, 0.29) is 12.5 Å². The van der Waals surface area contributed by atoms with Gasteiger partial charge in [0, 0.05) is 5.92 Å². The van der Waals surface area contributed by atoms with Crippen molar-refractivity contribution in [1.82, 2.24) is 4.90 Å². The van der Waals surface area contributed by atoms with Crippen LogP contribution in [0.1, 0.15) is 24.8 Å². The second kappa shape index (κ2) is 5.25. The average Bonchev–Trinajstić information content (AvgIpc) is 2.87. The lowest BCUT2D eigenvalue weighted by Gasteiger charge is -2.32. The Labute approximate surface area is 121 Å². The fourth-order valence-electron chi connectivity index (χ4n) is 2.99. The SMILES string of the molecule is CCOC(=O)C1CC2c3ccccc3NOC2N1C(=O)O. The summed E-state index contributed by atoms with van der Waals surface area (Å²) in [5.41, 5.74) is 4.50. The second-order valence-electron chi connectivity index (χ2n) is 5.00. The van der Waals surface area contributed by atoms with Crippen molar-refractivity contribution in [3.63, 3.8) is 0 Å². The number of amides is 1. The summed E-state index contributed by atoms with van der Waals surface area (Å²) >= 11 is 0. The summed E-state index contributed by atoms with van der Waals surface area (Å²) in [6.45, 7) is 1.91. The summed E-state index contributed by atoms with van der Waals surface area (Å²) in [7, 11) is 0. The van der Waals surface area contributed by atoms with Crippen LogP contribution < -0.4 is 5.48 Å². The Bertz CT molecular complexity index is 576. The van der Waals surface area contributed by atoms with Crippen LogP contribution in [0.3, 0.4) is 0 Å². The van der Waals surface area contributed by atoms with Crippen molar-refractivity contribution in [2.45, 2.75) is 31.5 Å². The highest BCUT2D eigenvalue weighted by Crippen LogP contribution is 2.44. The Balaban J connectivity index is 1.94. The van der Waals surface area contributed by atoms with E-state index in [1.165, 1.54) is 0 Å². The van der Waals surface area contributed by atoms with E-state index >= 15 is 0 Å². The van der Waals surface area contributed by atoms with Gasteiger partial charge < -0.3 is 9.84 Å². The third-order valence-electron chi connectivity index (χ3n) is 3.86. The molecule has 21 heavy (non-hydrogen) atoms. The van der Waals surface area contributed by atoms with Crippen LogP contribution in [0.5, 0.6) is 0 Å². The minimum atomic E-state index is -1.19. The normalized spacial score (nSPS) is 26.5. The number of fused-ring (bicyclic) bond motifs is 3. The highest BCUT2D eigenvalue weighted by Gasteiger charge is 2.51. The van der Waals surface area contributed by atoms with Crippen molar-refractivity contribution >= 4 is 17.7 Å². The fraction of sp³-hybridized carbons (Fsp3) is 0.429. The molecule has 0 aromatic heterocycles. The maximum Gasteiger partial charge on any atom is 0.410 e. The molecule has 112 valence electrons. The molecule has 0 aliphatic carbocycles. The smallest absolute Gasteiger partial charge is 0.410 e. The number of carbonyl (C=O) groups is 2. The van der Waals surface area contributed by atoms with Crippen LogP contribution in [-0.4, -0.2) is 40.9 Å². The summed E-state index contributed by atoms with van der Waals surface area (Å²) in [6, 6.07) is 6.67. The van der Waals surface area contributed by atoms with Gasteiger partial charge in [-0.3, -0.25) is 15.2 Å². The number of carbonyl (C=O) groups excluding carboxylic acids is 1. The fourth-order valence-corrected chi connectivity index (χ4v) is 2.99. The van der Waals surface area contributed by atoms with Crippen LogP contribution in [-0.2, 0) is 14.4 Å². The quantitative estimate of drug-likeness (QED) is 0.808. The zero-order valence-corrected chi connectivity index (χ0v) is 11.5. The van der Waals surface area contributed by atoms with E-state index in [4.69, 9.17) is 9.57 Å². The lowest BCUT2D eigenvalue weighted by atomic mass is 9.93. The van der Waals surface area contributed by atoms with E-state index in [1.54, 1.807) is 6.92 Å². The van der Waals surface area contributed by atoms with Crippen molar-refractivity contribution in [1.29, 1.82) is 0 Å². The van der Waals surface area contributed by atoms with Crippen LogP contribution in [0.4, 0.5) is 10.5 Å². The number of para-hydroxylation sites is 1. The molecule has 7 nitrogen and oxygen atoms in total. The number of ether oxygens (including phenoxy) is 1. The Kier molecular flexibility index (Phi) is 3.42. The Morgan fingerprint density at radius 3 is 2.95 bits per heavy atom. The third-order valence-corrected chi connectivity index (χ3v) is 3.86. The third kappa shape index (κ3) is 2.19. The van der Waals surface area contributed by atoms with Crippen molar-refractivity contribution < 1.29 is 24.3 Å². The first-order chi connectivity index (χ1) is 10.1. The first-order valence-electron chi connectivity index (χ1n) is 6.82. The lowest BCUT2D eigenvalue weighted by Crippen LogP contribution is -2.47. The van der Waals surface area contributed by atoms with E-state index in [0.717, 1.165) is 16.2 Å². The van der Waals surface area contributed by atoms with Crippen LogP contribution in [0.15, 0.2) is 24.3 Å². The predicted molar refractivity (Wildman–Crippen MR) is 72.6 cm³/mol. The highest BCUT2D eigenvalue weighted by atomic mass is 16.7. The molecule has 2 aliphatic rings. The van der Waals surface area contributed by atoms with Gasteiger partial charge in [0.1, 0.15) is 6.04 Å². The van der Waals surface area contributed by atoms with Gasteiger partial charge in [0.2, 0.25) is 0 Å². The molecule has 0 radical (unpaired) electrons. The molecule has 1 aromatic rings. The molecule has 2 aliphatic heterocycles. The molecule has 1 saturated heterocycles. The molecule has 3 rings (SSSR count). The molecular weight excluding hydrogens is 276 g/mol. The van der Waals surface area contributed by atoms with Gasteiger partial charge >= 0.3 is 12.1 Å². The number of hydrogen-bond acceptors (Lipinski definition) is 5. The minimum absolute atomic E-state index is 0.187. The topological polar surface area (TPSA) is 88.1 Å². The van der Waals surface area contributed by atoms with E-state index in [0.29, 0.717) is 6.42 Å². The van der Waals surface area contributed by atoms with E-state index in [1.807, 2.05) is 24.3 Å². The van der Waals surface area contributed by atoms with Crippen molar-refractivity contribution in [3.05, 3.63) is 29.8 Å². The van der Waals surface area contributed by atoms with Gasteiger partial charge in [0.25, 0.3) is 0 Å². The molecular formula is C14H16N2O5. The number of nitrogens with zero attached hydrogens (tertiary/aromatic N) is 1. The predicted octanol–water partition coefficient (Wildman–Crippen LogP) is 1.77. The number of benzene rings is 1. The molecule has 1 amide bonds. The van der Waals surface area contributed by atoms with E-state index in [9.17, 15) is 14.7 Å². The van der Waals surface area contributed by atoms with Gasteiger partial charge in [0.15, 0.2) is 6.23 Å². The number of esters is 1. The minimum Gasteiger partial charge on any atom is -0.465 e. The summed E-state index contributed by atoms with van der Waals surface area (Å²) in [6.07, 6.45) is -1.57. The number of hydrogen-bond donors (Lipinski definition) is 2. The number of rotatable bonds is 2. The molecule has 0 bridgehead atoms. The zero-order chi connectivity index (χ0) is 15.0. The van der Waals surface area contributed by atoms with Crippen LogP contribution in [0, 0.1) is 0 Å². The van der Waals surface area contributed by atoms with Gasteiger partial charge in [-0.2, -0.15) is 0 Å². The maximum atomic E-state index is 12.0. The van der Waals surface area contributed by atoms with E-state index in [2.05, 4.69) is 5.48 Å². The molecule has 7 heteroatoms. The van der Waals surface area contributed by atoms with Crippen molar-refractivity contribution in [3.8, 4) is 0 Å². The Morgan fingerprint density at radius 2 is 2.24 bits per heavy atom. The Morgan fingerprint density at radius 1 is 1.48 bits per heavy atom. The molecule has 2 N–H and O–H groups in total. The summed E-state index contributed by atoms with van der Waals surface area (Å²) in [5.74, 6) is -0.719. The maximum absolute atomic E-state index is 12.0. The largest absolute Gasteiger partial charge is 0.465 e. The van der Waals surface area contributed by atoms with E-state index < -0.39 is 24.3 Å². The van der Waals surface area contributed by atoms with Gasteiger partial charge in [-0.05, 0) is 25.0 Å². The molecule has 1 fully saturated rings. The lowest BCUT2D eigenvalue weighted by molar-refractivity contribution is -0.150. The number of anilines is 1. The molecule has 0 spiro atoms. The number of carboxylic acid groups (broad SMARTS) is 1. The van der Waals surface area contributed by atoms with Crippen LogP contribution in [0.2, 0.25) is 0 Å². The molecule has 3 unspecified atom stereocenters. The highest BCUT2D eigenvalue weighted by molar-refractivity contribution is 5.82. The second-order valence-corrected chi connectivity index (χ2v) is 5.00. The van der Waals surface area contributed by atoms with Gasteiger partial charge in [-0.1, -0.05) is 18.2 Å². The van der Waals surface area contributed by atoms with Gasteiger partial charge in [0.05, 0.1) is 12.3 Å². The molecule has 3 atom stereocenters. The Hall–Kier alpha value is -2.28. The number of nitrogens with one attached hydrogen (secondary N) is 1. The standard InChI is InChI=1S/C14H16N2O5/c1-2-20-13(17)11-7-9-8-5-3-4-6-10(8)15-21-12(9)16(11)14(18)19/h3-6,9,11-12,15H,2,7H2,1H3,(H,18,19). The summed E-state index contributed by atoms with van der Waals surface area (Å²) in [4.78, 5) is 30.0. The van der Waals surface area contributed by atoms with Crippen molar-refractivity contribution in [2.75, 3.05) is 12.1 Å². The number of likely N-dealkylation sites (tertiary alicyclic amines) is 1. The molecule has 1 aromatic carbocycles. The van der Waals surface area contributed by atoms with Gasteiger partial charge in [-0.15, -0.1) is 0 Å². The first-order valence-corrected chi connectivity index (χ1v) is 6.82. The summed E-state index contributed by atoms with van der Waals surface area (Å²) < 4.78 is 4.98. The van der Waals surface area contributed by atoms with Crippen LogP contribution in [0.25, 0.3) is 0 Å². The zero-order valence-electron chi connectivity index (χ0n) is 11.5. The first kappa shape index (κ1) is 13.7. The van der Waals surface area contributed by atoms with Gasteiger partial charge in [-0.25, -0.2) is 9.59 Å².